The molecule has 1 aromatic rings. The number of hydrogen-bond acceptors (Lipinski definition) is 4. The molecule has 1 aliphatic rings. The molecule has 100 valence electrons. The smallest absolute Gasteiger partial charge is 0.339 e. The molecule has 0 radical (unpaired) electrons. The molecule has 1 fully saturated rings. The van der Waals surface area contributed by atoms with E-state index in [-0.39, 0.29) is 30.5 Å². The molecule has 1 aromatic heterocycles. The summed E-state index contributed by atoms with van der Waals surface area (Å²) in [6.07, 6.45) is 3.47. The summed E-state index contributed by atoms with van der Waals surface area (Å²) in [4.78, 5) is 10.9. The maximum atomic E-state index is 10.9. The van der Waals surface area contributed by atoms with Crippen molar-refractivity contribution in [2.45, 2.75) is 51.6 Å². The van der Waals surface area contributed by atoms with Gasteiger partial charge in [-0.2, -0.15) is 0 Å². The van der Waals surface area contributed by atoms with Crippen LogP contribution in [0.5, 0.6) is 0 Å². The molecule has 2 heterocycles. The number of rotatable bonds is 4. The Labute approximate surface area is 106 Å². The summed E-state index contributed by atoms with van der Waals surface area (Å²) in [6, 6.07) is 1.44. The summed E-state index contributed by atoms with van der Waals surface area (Å²) in [6.45, 7) is 4.22. The van der Waals surface area contributed by atoms with Crippen LogP contribution in [0.15, 0.2) is 16.7 Å². The summed E-state index contributed by atoms with van der Waals surface area (Å²) in [5.41, 5.74) is 0.170. The summed E-state index contributed by atoms with van der Waals surface area (Å²) in [7, 11) is 0. The zero-order chi connectivity index (χ0) is 13.1. The Bertz CT molecular complexity index is 401. The van der Waals surface area contributed by atoms with E-state index in [4.69, 9.17) is 19.0 Å². The van der Waals surface area contributed by atoms with Gasteiger partial charge < -0.3 is 19.0 Å². The van der Waals surface area contributed by atoms with E-state index in [1.165, 1.54) is 12.3 Å². The van der Waals surface area contributed by atoms with Gasteiger partial charge in [0.1, 0.15) is 17.9 Å². The minimum atomic E-state index is -0.990. The van der Waals surface area contributed by atoms with Crippen LogP contribution in [0, 0.1) is 0 Å². The molecular formula is C13H18O5. The first-order chi connectivity index (χ1) is 8.56. The minimum absolute atomic E-state index is 0.0931. The molecule has 0 saturated carbocycles. The number of carboxylic acid groups (broad SMARTS) is 1. The van der Waals surface area contributed by atoms with Crippen LogP contribution in [0.1, 0.15) is 42.8 Å². The molecule has 5 nitrogen and oxygen atoms in total. The van der Waals surface area contributed by atoms with E-state index in [2.05, 4.69) is 0 Å². The lowest BCUT2D eigenvalue weighted by Gasteiger charge is -2.31. The van der Waals surface area contributed by atoms with Gasteiger partial charge in [0.2, 0.25) is 0 Å². The summed E-state index contributed by atoms with van der Waals surface area (Å²) < 4.78 is 16.5. The predicted molar refractivity (Wildman–Crippen MR) is 63.5 cm³/mol. The van der Waals surface area contributed by atoms with Crippen LogP contribution in [0.2, 0.25) is 0 Å². The molecule has 2 atom stereocenters. The molecule has 5 heteroatoms. The van der Waals surface area contributed by atoms with Gasteiger partial charge in [0.15, 0.2) is 0 Å². The first-order valence-corrected chi connectivity index (χ1v) is 6.13. The van der Waals surface area contributed by atoms with Crippen LogP contribution < -0.4 is 0 Å². The molecule has 0 aliphatic carbocycles. The van der Waals surface area contributed by atoms with Crippen molar-refractivity contribution in [2.75, 3.05) is 0 Å². The van der Waals surface area contributed by atoms with Crippen molar-refractivity contribution < 1.29 is 23.8 Å². The molecule has 1 aliphatic heterocycles. The van der Waals surface area contributed by atoms with Crippen molar-refractivity contribution in [1.29, 1.82) is 0 Å². The fourth-order valence-corrected chi connectivity index (χ4v) is 2.32. The Morgan fingerprint density at radius 2 is 2.11 bits per heavy atom. The summed E-state index contributed by atoms with van der Waals surface area (Å²) in [5, 5.41) is 8.94. The minimum Gasteiger partial charge on any atom is -0.478 e. The van der Waals surface area contributed by atoms with Crippen LogP contribution in [0.4, 0.5) is 0 Å². The average Bonchev–Trinajstić information content (AvgIpc) is 2.73. The summed E-state index contributed by atoms with van der Waals surface area (Å²) in [5.74, 6) is -0.620. The summed E-state index contributed by atoms with van der Waals surface area (Å²) >= 11 is 0. The maximum absolute atomic E-state index is 10.9. The van der Waals surface area contributed by atoms with E-state index in [0.29, 0.717) is 5.76 Å². The SMILES string of the molecule is CC1CC(OCc2occc2C(=O)O)CC(C)O1. The third kappa shape index (κ3) is 3.11. The molecule has 0 spiro atoms. The molecule has 0 amide bonds. The lowest BCUT2D eigenvalue weighted by molar-refractivity contribution is -0.108. The van der Waals surface area contributed by atoms with E-state index < -0.39 is 5.97 Å². The third-order valence-electron chi connectivity index (χ3n) is 3.08. The van der Waals surface area contributed by atoms with Crippen molar-refractivity contribution in [1.82, 2.24) is 0 Å². The van der Waals surface area contributed by atoms with Crippen molar-refractivity contribution in [2.24, 2.45) is 0 Å². The Hall–Kier alpha value is -1.33. The van der Waals surface area contributed by atoms with Gasteiger partial charge >= 0.3 is 5.97 Å². The monoisotopic (exact) mass is 254 g/mol. The van der Waals surface area contributed by atoms with E-state index in [1.807, 2.05) is 13.8 Å². The average molecular weight is 254 g/mol. The van der Waals surface area contributed by atoms with Crippen LogP contribution in [-0.2, 0) is 16.1 Å². The fourth-order valence-electron chi connectivity index (χ4n) is 2.32. The largest absolute Gasteiger partial charge is 0.478 e. The quantitative estimate of drug-likeness (QED) is 0.893. The Balaban J connectivity index is 1.91. The van der Waals surface area contributed by atoms with Gasteiger partial charge in [-0.05, 0) is 32.8 Å². The highest BCUT2D eigenvalue weighted by Gasteiger charge is 2.25. The molecule has 0 aromatic carbocycles. The predicted octanol–water partition coefficient (Wildman–Crippen LogP) is 2.45. The zero-order valence-electron chi connectivity index (χ0n) is 10.6. The highest BCUT2D eigenvalue weighted by Crippen LogP contribution is 2.23. The fraction of sp³-hybridized carbons (Fsp3) is 0.615. The van der Waals surface area contributed by atoms with Crippen LogP contribution in [-0.4, -0.2) is 29.4 Å². The molecule has 1 N–H and O–H groups in total. The van der Waals surface area contributed by atoms with Gasteiger partial charge in [-0.1, -0.05) is 0 Å². The van der Waals surface area contributed by atoms with Gasteiger partial charge in [0.05, 0.1) is 24.6 Å². The first kappa shape index (κ1) is 13.1. The second kappa shape index (κ2) is 5.54. The van der Waals surface area contributed by atoms with Crippen molar-refractivity contribution in [3.05, 3.63) is 23.7 Å². The molecule has 18 heavy (non-hydrogen) atoms. The van der Waals surface area contributed by atoms with E-state index in [0.717, 1.165) is 12.8 Å². The maximum Gasteiger partial charge on any atom is 0.339 e. The highest BCUT2D eigenvalue weighted by molar-refractivity contribution is 5.88. The van der Waals surface area contributed by atoms with Crippen molar-refractivity contribution in [3.63, 3.8) is 0 Å². The number of aromatic carboxylic acids is 1. The van der Waals surface area contributed by atoms with Gasteiger partial charge in [0, 0.05) is 0 Å². The Morgan fingerprint density at radius 3 is 2.72 bits per heavy atom. The van der Waals surface area contributed by atoms with Crippen molar-refractivity contribution in [3.8, 4) is 0 Å². The molecule has 2 rings (SSSR count). The lowest BCUT2D eigenvalue weighted by Crippen LogP contribution is -2.34. The number of ether oxygens (including phenoxy) is 2. The van der Waals surface area contributed by atoms with Gasteiger partial charge in [0.25, 0.3) is 0 Å². The molecule has 1 saturated heterocycles. The van der Waals surface area contributed by atoms with E-state index in [9.17, 15) is 4.79 Å². The molecule has 0 bridgehead atoms. The highest BCUT2D eigenvalue weighted by atomic mass is 16.5. The van der Waals surface area contributed by atoms with Gasteiger partial charge in [-0.3, -0.25) is 0 Å². The zero-order valence-corrected chi connectivity index (χ0v) is 10.6. The Morgan fingerprint density at radius 1 is 1.44 bits per heavy atom. The topological polar surface area (TPSA) is 68.9 Å². The van der Waals surface area contributed by atoms with Crippen LogP contribution >= 0.6 is 0 Å². The lowest BCUT2D eigenvalue weighted by atomic mass is 10.0. The number of carbonyl (C=O) groups is 1. The van der Waals surface area contributed by atoms with E-state index in [1.54, 1.807) is 0 Å². The second-order valence-electron chi connectivity index (χ2n) is 4.72. The van der Waals surface area contributed by atoms with Gasteiger partial charge in [-0.15, -0.1) is 0 Å². The number of hydrogen-bond donors (Lipinski definition) is 1. The Kier molecular flexibility index (Phi) is 4.04. The normalized spacial score (nSPS) is 28.2. The standard InChI is InChI=1S/C13H18O5/c1-8-5-10(6-9(2)18-8)17-7-12-11(13(14)15)3-4-16-12/h3-4,8-10H,5-7H2,1-2H3,(H,14,15). The van der Waals surface area contributed by atoms with Crippen molar-refractivity contribution >= 4 is 5.97 Å². The first-order valence-electron chi connectivity index (χ1n) is 6.13. The van der Waals surface area contributed by atoms with Crippen LogP contribution in [0.25, 0.3) is 0 Å². The van der Waals surface area contributed by atoms with Crippen LogP contribution in [0.3, 0.4) is 0 Å². The second-order valence-corrected chi connectivity index (χ2v) is 4.72. The molecule has 2 unspecified atom stereocenters. The number of furan rings is 1. The van der Waals surface area contributed by atoms with Gasteiger partial charge in [-0.25, -0.2) is 4.79 Å². The molecular weight excluding hydrogens is 236 g/mol. The van der Waals surface area contributed by atoms with E-state index >= 15 is 0 Å². The third-order valence-corrected chi connectivity index (χ3v) is 3.08. The number of carboxylic acids is 1.